The van der Waals surface area contributed by atoms with Gasteiger partial charge in [0.05, 0.1) is 7.11 Å². The molecule has 0 aliphatic heterocycles. The van der Waals surface area contributed by atoms with E-state index in [0.717, 1.165) is 5.75 Å². The molecule has 0 radical (unpaired) electrons. The summed E-state index contributed by atoms with van der Waals surface area (Å²) >= 11 is 0. The Labute approximate surface area is 116 Å². The Morgan fingerprint density at radius 2 is 2.21 bits per heavy atom. The van der Waals surface area contributed by atoms with E-state index < -0.39 is 0 Å². The van der Waals surface area contributed by atoms with Gasteiger partial charge in [-0.15, -0.1) is 0 Å². The zero-order valence-electron chi connectivity index (χ0n) is 12.2. The highest BCUT2D eigenvalue weighted by Gasteiger charge is 2.36. The van der Waals surface area contributed by atoms with Crippen LogP contribution < -0.4 is 10.1 Å². The van der Waals surface area contributed by atoms with Gasteiger partial charge < -0.3 is 10.1 Å². The Morgan fingerprint density at radius 1 is 1.37 bits per heavy atom. The zero-order chi connectivity index (χ0) is 13.3. The number of nitrogens with one attached hydrogen (secondary N) is 1. The van der Waals surface area contributed by atoms with E-state index in [1.54, 1.807) is 7.11 Å². The number of ether oxygens (including phenoxy) is 1. The molecule has 1 unspecified atom stereocenters. The maximum absolute atomic E-state index is 5.36. The maximum atomic E-state index is 5.36. The monoisotopic (exact) mass is 259 g/mol. The number of methoxy groups -OCH3 is 1. The third kappa shape index (κ3) is 2.38. The van der Waals surface area contributed by atoms with Crippen LogP contribution >= 0.6 is 0 Å². The highest BCUT2D eigenvalue weighted by atomic mass is 16.5. The van der Waals surface area contributed by atoms with Crippen LogP contribution in [0.4, 0.5) is 0 Å². The predicted molar refractivity (Wildman–Crippen MR) is 78.6 cm³/mol. The van der Waals surface area contributed by atoms with Crippen molar-refractivity contribution in [3.63, 3.8) is 0 Å². The van der Waals surface area contributed by atoms with E-state index in [9.17, 15) is 0 Å². The number of hydrogen-bond acceptors (Lipinski definition) is 2. The molecular formula is C17H25NO. The van der Waals surface area contributed by atoms with E-state index in [-0.39, 0.29) is 0 Å². The molecule has 1 saturated carbocycles. The van der Waals surface area contributed by atoms with Crippen LogP contribution in [0.5, 0.6) is 5.75 Å². The van der Waals surface area contributed by atoms with Gasteiger partial charge in [-0.3, -0.25) is 0 Å². The van der Waals surface area contributed by atoms with E-state index >= 15 is 0 Å². The van der Waals surface area contributed by atoms with Gasteiger partial charge in [0, 0.05) is 12.6 Å². The topological polar surface area (TPSA) is 21.3 Å². The van der Waals surface area contributed by atoms with Gasteiger partial charge in [0.2, 0.25) is 0 Å². The van der Waals surface area contributed by atoms with E-state index in [1.165, 1.54) is 56.2 Å². The summed E-state index contributed by atoms with van der Waals surface area (Å²) < 4.78 is 5.36. The Morgan fingerprint density at radius 3 is 2.84 bits per heavy atom. The molecule has 0 spiro atoms. The van der Waals surface area contributed by atoms with Gasteiger partial charge >= 0.3 is 0 Å². The van der Waals surface area contributed by atoms with Gasteiger partial charge in [-0.2, -0.15) is 0 Å². The molecule has 0 saturated heterocycles. The van der Waals surface area contributed by atoms with Crippen LogP contribution in [0, 0.1) is 5.41 Å². The third-order valence-electron chi connectivity index (χ3n) is 5.32. The number of benzene rings is 1. The van der Waals surface area contributed by atoms with E-state index in [0.29, 0.717) is 11.5 Å². The summed E-state index contributed by atoms with van der Waals surface area (Å²) in [6.45, 7) is 3.53. The van der Waals surface area contributed by atoms with Crippen molar-refractivity contribution in [2.75, 3.05) is 13.7 Å². The molecule has 1 aromatic rings. The fraction of sp³-hybridized carbons (Fsp3) is 0.647. The summed E-state index contributed by atoms with van der Waals surface area (Å²) in [5.41, 5.74) is 3.56. The van der Waals surface area contributed by atoms with Crippen molar-refractivity contribution in [3.05, 3.63) is 29.3 Å². The maximum Gasteiger partial charge on any atom is 0.119 e. The molecule has 2 heteroatoms. The molecule has 0 bridgehead atoms. The number of hydrogen-bond donors (Lipinski definition) is 1. The van der Waals surface area contributed by atoms with Crippen LogP contribution in [0.3, 0.4) is 0 Å². The van der Waals surface area contributed by atoms with Crippen molar-refractivity contribution < 1.29 is 4.74 Å². The number of rotatable bonds is 5. The Balaban J connectivity index is 1.68. The molecule has 2 nitrogen and oxygen atoms in total. The average molecular weight is 259 g/mol. The summed E-state index contributed by atoms with van der Waals surface area (Å²) in [5.74, 6) is 0.987. The molecule has 0 heterocycles. The fourth-order valence-electron chi connectivity index (χ4n) is 3.59. The minimum atomic E-state index is 0.536. The van der Waals surface area contributed by atoms with Gasteiger partial charge in [-0.25, -0.2) is 0 Å². The molecule has 0 aromatic heterocycles. The first-order valence-corrected chi connectivity index (χ1v) is 7.66. The second-order valence-corrected chi connectivity index (χ2v) is 6.24. The first-order valence-electron chi connectivity index (χ1n) is 7.66. The van der Waals surface area contributed by atoms with Crippen molar-refractivity contribution >= 4 is 0 Å². The van der Waals surface area contributed by atoms with E-state index in [2.05, 4.69) is 30.4 Å². The van der Waals surface area contributed by atoms with Gasteiger partial charge in [-0.1, -0.05) is 19.4 Å². The van der Waals surface area contributed by atoms with Crippen LogP contribution in [0.15, 0.2) is 18.2 Å². The van der Waals surface area contributed by atoms with Crippen LogP contribution in [0.25, 0.3) is 0 Å². The smallest absolute Gasteiger partial charge is 0.119 e. The van der Waals surface area contributed by atoms with Crippen LogP contribution in [0.2, 0.25) is 0 Å². The third-order valence-corrected chi connectivity index (χ3v) is 5.32. The molecule has 1 atom stereocenters. The molecule has 0 amide bonds. The highest BCUT2D eigenvalue weighted by Crippen LogP contribution is 2.44. The molecule has 19 heavy (non-hydrogen) atoms. The molecule has 2 aliphatic carbocycles. The van der Waals surface area contributed by atoms with Gasteiger partial charge in [0.1, 0.15) is 5.75 Å². The minimum Gasteiger partial charge on any atom is -0.497 e. The lowest BCUT2D eigenvalue weighted by atomic mass is 9.67. The van der Waals surface area contributed by atoms with E-state index in [1.807, 2.05) is 0 Å². The Bertz CT molecular complexity index is 445. The Hall–Kier alpha value is -1.02. The lowest BCUT2D eigenvalue weighted by molar-refractivity contribution is 0.119. The van der Waals surface area contributed by atoms with Gasteiger partial charge in [0.25, 0.3) is 0 Å². The summed E-state index contributed by atoms with van der Waals surface area (Å²) in [5, 5.41) is 3.83. The van der Waals surface area contributed by atoms with Crippen molar-refractivity contribution in [2.45, 2.75) is 51.5 Å². The highest BCUT2D eigenvalue weighted by molar-refractivity contribution is 5.40. The largest absolute Gasteiger partial charge is 0.497 e. The van der Waals surface area contributed by atoms with Crippen LogP contribution in [-0.2, 0) is 6.42 Å². The number of aryl methyl sites for hydroxylation is 1. The SMILES string of the molecule is CCC1(CNC2CCc3ccc(OC)cc32)CCC1. The Kier molecular flexibility index (Phi) is 3.53. The van der Waals surface area contributed by atoms with Crippen molar-refractivity contribution in [2.24, 2.45) is 5.41 Å². The molecule has 3 rings (SSSR count). The lowest BCUT2D eigenvalue weighted by Crippen LogP contribution is -2.40. The minimum absolute atomic E-state index is 0.536. The van der Waals surface area contributed by atoms with Gasteiger partial charge in [0.15, 0.2) is 0 Å². The number of fused-ring (bicyclic) bond motifs is 1. The van der Waals surface area contributed by atoms with Crippen molar-refractivity contribution in [1.82, 2.24) is 5.32 Å². The van der Waals surface area contributed by atoms with Gasteiger partial charge in [-0.05, 0) is 60.8 Å². The van der Waals surface area contributed by atoms with E-state index in [4.69, 9.17) is 4.74 Å². The quantitative estimate of drug-likeness (QED) is 0.867. The molecule has 1 aromatic carbocycles. The molecule has 1 N–H and O–H groups in total. The molecule has 2 aliphatic rings. The second kappa shape index (κ2) is 5.16. The predicted octanol–water partition coefficient (Wildman–Crippen LogP) is 3.85. The fourth-order valence-corrected chi connectivity index (χ4v) is 3.59. The molecule has 104 valence electrons. The zero-order valence-corrected chi connectivity index (χ0v) is 12.2. The van der Waals surface area contributed by atoms with Crippen LogP contribution in [0.1, 0.15) is 56.2 Å². The normalized spacial score (nSPS) is 23.8. The summed E-state index contributed by atoms with van der Waals surface area (Å²) in [6, 6.07) is 7.07. The standard InChI is InChI=1S/C17H25NO/c1-3-17(9-4-10-17)12-18-16-8-6-13-5-7-14(19-2)11-15(13)16/h5,7,11,16,18H,3-4,6,8-10,12H2,1-2H3. The summed E-state index contributed by atoms with van der Waals surface area (Å²) in [4.78, 5) is 0. The first kappa shape index (κ1) is 13.0. The second-order valence-electron chi connectivity index (χ2n) is 6.24. The van der Waals surface area contributed by atoms with Crippen molar-refractivity contribution in [3.8, 4) is 5.75 Å². The van der Waals surface area contributed by atoms with Crippen molar-refractivity contribution in [1.29, 1.82) is 0 Å². The lowest BCUT2D eigenvalue weighted by Gasteiger charge is -2.42. The average Bonchev–Trinajstić information content (AvgIpc) is 2.80. The molecular weight excluding hydrogens is 234 g/mol. The summed E-state index contributed by atoms with van der Waals surface area (Å²) in [7, 11) is 1.75. The first-order chi connectivity index (χ1) is 9.26. The summed E-state index contributed by atoms with van der Waals surface area (Å²) in [6.07, 6.45) is 8.00. The van der Waals surface area contributed by atoms with Crippen LogP contribution in [-0.4, -0.2) is 13.7 Å². The molecule has 1 fully saturated rings.